The maximum atomic E-state index is 11.9. The molecule has 0 saturated heterocycles. The van der Waals surface area contributed by atoms with E-state index >= 15 is 0 Å². The molecule has 5 heteroatoms. The van der Waals surface area contributed by atoms with Crippen molar-refractivity contribution in [2.75, 3.05) is 6.54 Å². The smallest absolute Gasteiger partial charge is 0.221 e. The lowest BCUT2D eigenvalue weighted by Gasteiger charge is -2.22. The normalized spacial score (nSPS) is 16.7. The Balaban J connectivity index is 1.62. The molecule has 0 bridgehead atoms. The number of carbonyl (C=O) groups excluding carboxylic acids is 1. The zero-order chi connectivity index (χ0) is 16.0. The highest BCUT2D eigenvalue weighted by atomic mass is 16.1. The maximum Gasteiger partial charge on any atom is 0.221 e. The molecule has 0 radical (unpaired) electrons. The second kappa shape index (κ2) is 7.77. The first-order valence-electron chi connectivity index (χ1n) is 8.49. The molecule has 2 N–H and O–H groups in total. The van der Waals surface area contributed by atoms with E-state index in [0.717, 1.165) is 24.9 Å². The van der Waals surface area contributed by atoms with Crippen LogP contribution >= 0.6 is 0 Å². The number of aromatic nitrogens is 2. The molecule has 0 aliphatic heterocycles. The van der Waals surface area contributed by atoms with E-state index in [1.165, 1.54) is 19.3 Å². The maximum absolute atomic E-state index is 11.9. The average Bonchev–Trinajstić information content (AvgIpc) is 2.94. The van der Waals surface area contributed by atoms with Gasteiger partial charge in [-0.05, 0) is 33.6 Å². The number of carbonyl (C=O) groups is 1. The summed E-state index contributed by atoms with van der Waals surface area (Å²) in [5.74, 6) is 0.171. The number of rotatable bonds is 6. The summed E-state index contributed by atoms with van der Waals surface area (Å²) in [6.07, 6.45) is 10.6. The van der Waals surface area contributed by atoms with Gasteiger partial charge in [-0.3, -0.25) is 9.48 Å². The monoisotopic (exact) mass is 306 g/mol. The van der Waals surface area contributed by atoms with Gasteiger partial charge in [-0.25, -0.2) is 0 Å². The van der Waals surface area contributed by atoms with Gasteiger partial charge in [0.05, 0.1) is 11.7 Å². The molecule has 1 fully saturated rings. The third-order valence-corrected chi connectivity index (χ3v) is 4.15. The highest BCUT2D eigenvalue weighted by molar-refractivity contribution is 5.76. The summed E-state index contributed by atoms with van der Waals surface area (Å²) in [5.41, 5.74) is 1.17. The lowest BCUT2D eigenvalue weighted by Crippen LogP contribution is -2.37. The van der Waals surface area contributed by atoms with Gasteiger partial charge in [0.1, 0.15) is 0 Å². The van der Waals surface area contributed by atoms with Gasteiger partial charge >= 0.3 is 0 Å². The third-order valence-electron chi connectivity index (χ3n) is 4.15. The van der Waals surface area contributed by atoms with Gasteiger partial charge in [0.2, 0.25) is 5.91 Å². The number of amides is 1. The average molecular weight is 306 g/mol. The van der Waals surface area contributed by atoms with Crippen molar-refractivity contribution in [3.63, 3.8) is 0 Å². The van der Waals surface area contributed by atoms with Crippen molar-refractivity contribution in [3.8, 4) is 0 Å². The molecule has 1 aromatic heterocycles. The van der Waals surface area contributed by atoms with Crippen molar-refractivity contribution >= 4 is 5.91 Å². The van der Waals surface area contributed by atoms with Crippen LogP contribution in [-0.4, -0.2) is 28.3 Å². The van der Waals surface area contributed by atoms with Crippen LogP contribution in [0.1, 0.15) is 64.9 Å². The molecule has 1 aromatic rings. The lowest BCUT2D eigenvalue weighted by molar-refractivity contribution is -0.121. The molecule has 1 heterocycles. The molecule has 0 aromatic carbocycles. The van der Waals surface area contributed by atoms with Crippen molar-refractivity contribution in [2.24, 2.45) is 0 Å². The van der Waals surface area contributed by atoms with Gasteiger partial charge in [0.15, 0.2) is 0 Å². The second-order valence-corrected chi connectivity index (χ2v) is 7.29. The number of nitrogens with one attached hydrogen (secondary N) is 2. The molecule has 1 aliphatic carbocycles. The van der Waals surface area contributed by atoms with Crippen LogP contribution in [0.3, 0.4) is 0 Å². The summed E-state index contributed by atoms with van der Waals surface area (Å²) < 4.78 is 1.97. The van der Waals surface area contributed by atoms with Crippen LogP contribution in [0.25, 0.3) is 0 Å². The van der Waals surface area contributed by atoms with Crippen LogP contribution in [-0.2, 0) is 16.9 Å². The number of hydrogen-bond donors (Lipinski definition) is 2. The van der Waals surface area contributed by atoms with Crippen molar-refractivity contribution in [3.05, 3.63) is 18.0 Å². The Labute approximate surface area is 133 Å². The van der Waals surface area contributed by atoms with E-state index in [1.807, 2.05) is 10.9 Å². The number of hydrogen-bond acceptors (Lipinski definition) is 3. The molecule has 0 spiro atoms. The predicted molar refractivity (Wildman–Crippen MR) is 88.6 cm³/mol. The molecule has 1 aliphatic rings. The Morgan fingerprint density at radius 3 is 2.68 bits per heavy atom. The standard InChI is InChI=1S/C17H30N4O/c1-17(2,3)21-13-14(12-19-21)11-18-10-9-16(22)20-15-7-5-4-6-8-15/h12-13,15,18H,4-11H2,1-3H3,(H,20,22). The first kappa shape index (κ1) is 17.0. The van der Waals surface area contributed by atoms with Gasteiger partial charge in [0.25, 0.3) is 0 Å². The molecule has 2 rings (SSSR count). The molecule has 1 amide bonds. The molecule has 1 saturated carbocycles. The fourth-order valence-electron chi connectivity index (χ4n) is 2.80. The molecule has 0 atom stereocenters. The Morgan fingerprint density at radius 2 is 2.05 bits per heavy atom. The summed E-state index contributed by atoms with van der Waals surface area (Å²) in [6.45, 7) is 7.86. The molecule has 124 valence electrons. The van der Waals surface area contributed by atoms with Crippen LogP contribution in [0.15, 0.2) is 12.4 Å². The van der Waals surface area contributed by atoms with Crippen LogP contribution in [0.4, 0.5) is 0 Å². The molecule has 5 nitrogen and oxygen atoms in total. The summed E-state index contributed by atoms with van der Waals surface area (Å²) >= 11 is 0. The van der Waals surface area contributed by atoms with Gasteiger partial charge in [-0.1, -0.05) is 19.3 Å². The van der Waals surface area contributed by atoms with E-state index in [2.05, 4.69) is 42.7 Å². The van der Waals surface area contributed by atoms with Gasteiger partial charge < -0.3 is 10.6 Å². The molecular weight excluding hydrogens is 276 g/mol. The van der Waals surface area contributed by atoms with Crippen molar-refractivity contribution < 1.29 is 4.79 Å². The fourth-order valence-corrected chi connectivity index (χ4v) is 2.80. The Hall–Kier alpha value is -1.36. The Bertz CT molecular complexity index is 469. The second-order valence-electron chi connectivity index (χ2n) is 7.29. The van der Waals surface area contributed by atoms with Crippen LogP contribution in [0.5, 0.6) is 0 Å². The van der Waals surface area contributed by atoms with E-state index in [4.69, 9.17) is 0 Å². The van der Waals surface area contributed by atoms with Crippen LogP contribution in [0, 0.1) is 0 Å². The summed E-state index contributed by atoms with van der Waals surface area (Å²) in [4.78, 5) is 11.9. The number of nitrogens with zero attached hydrogens (tertiary/aromatic N) is 2. The highest BCUT2D eigenvalue weighted by Gasteiger charge is 2.15. The topological polar surface area (TPSA) is 59.0 Å². The summed E-state index contributed by atoms with van der Waals surface area (Å²) in [6, 6.07) is 0.409. The van der Waals surface area contributed by atoms with E-state index in [-0.39, 0.29) is 11.4 Å². The Kier molecular flexibility index (Phi) is 6.00. The molecule has 0 unspecified atom stereocenters. The first-order valence-corrected chi connectivity index (χ1v) is 8.49. The minimum absolute atomic E-state index is 0.0120. The van der Waals surface area contributed by atoms with Crippen molar-refractivity contribution in [1.29, 1.82) is 0 Å². The highest BCUT2D eigenvalue weighted by Crippen LogP contribution is 2.17. The van der Waals surface area contributed by atoms with Crippen molar-refractivity contribution in [2.45, 2.75) is 77.4 Å². The zero-order valence-corrected chi connectivity index (χ0v) is 14.2. The molecular formula is C17H30N4O. The summed E-state index contributed by atoms with van der Waals surface area (Å²) in [5, 5.41) is 10.8. The van der Waals surface area contributed by atoms with Crippen LogP contribution in [0.2, 0.25) is 0 Å². The predicted octanol–water partition coefficient (Wildman–Crippen LogP) is 2.57. The van der Waals surface area contributed by atoms with Gasteiger partial charge in [-0.15, -0.1) is 0 Å². The first-order chi connectivity index (χ1) is 10.4. The largest absolute Gasteiger partial charge is 0.353 e. The van der Waals surface area contributed by atoms with Crippen LogP contribution < -0.4 is 10.6 Å². The van der Waals surface area contributed by atoms with E-state index in [9.17, 15) is 4.79 Å². The van der Waals surface area contributed by atoms with Crippen molar-refractivity contribution in [1.82, 2.24) is 20.4 Å². The van der Waals surface area contributed by atoms with Gasteiger partial charge in [0, 0.05) is 37.3 Å². The minimum Gasteiger partial charge on any atom is -0.353 e. The lowest BCUT2D eigenvalue weighted by atomic mass is 9.95. The SMILES string of the molecule is CC(C)(C)n1cc(CNCCC(=O)NC2CCCCC2)cn1. The van der Waals surface area contributed by atoms with E-state index in [1.54, 1.807) is 0 Å². The van der Waals surface area contributed by atoms with E-state index in [0.29, 0.717) is 19.0 Å². The minimum atomic E-state index is 0.0120. The third kappa shape index (κ3) is 5.44. The zero-order valence-electron chi connectivity index (χ0n) is 14.2. The Morgan fingerprint density at radius 1 is 1.32 bits per heavy atom. The molecule has 22 heavy (non-hydrogen) atoms. The fraction of sp³-hybridized carbons (Fsp3) is 0.765. The quantitative estimate of drug-likeness (QED) is 0.794. The summed E-state index contributed by atoms with van der Waals surface area (Å²) in [7, 11) is 0. The van der Waals surface area contributed by atoms with Gasteiger partial charge in [-0.2, -0.15) is 5.10 Å². The van der Waals surface area contributed by atoms with E-state index < -0.39 is 0 Å².